The van der Waals surface area contributed by atoms with Gasteiger partial charge in [-0.25, -0.2) is 4.39 Å². The summed E-state index contributed by atoms with van der Waals surface area (Å²) in [7, 11) is 0. The lowest BCUT2D eigenvalue weighted by Gasteiger charge is -2.16. The first-order valence-electron chi connectivity index (χ1n) is 7.81. The molecule has 6 heteroatoms. The Bertz CT molecular complexity index is 863. The van der Waals surface area contributed by atoms with Gasteiger partial charge in [0, 0.05) is 6.04 Å². The van der Waals surface area contributed by atoms with E-state index in [-0.39, 0.29) is 11.9 Å². The van der Waals surface area contributed by atoms with Crippen molar-refractivity contribution in [1.29, 1.82) is 0 Å². The molecule has 0 atom stereocenters. The zero-order valence-corrected chi connectivity index (χ0v) is 14.6. The lowest BCUT2D eigenvalue weighted by atomic mass is 10.2. The van der Waals surface area contributed by atoms with Gasteiger partial charge in [-0.2, -0.15) is 0 Å². The first-order chi connectivity index (χ1) is 12.0. The van der Waals surface area contributed by atoms with Crippen molar-refractivity contribution in [1.82, 2.24) is 0 Å². The molecule has 0 spiro atoms. The molecule has 1 aliphatic heterocycles. The third-order valence-electron chi connectivity index (χ3n) is 3.46. The number of phenols is 1. The number of benzene rings is 2. The van der Waals surface area contributed by atoms with Crippen LogP contribution in [0, 0.1) is 5.82 Å². The van der Waals surface area contributed by atoms with E-state index in [9.17, 15) is 14.3 Å². The molecule has 4 nitrogen and oxygen atoms in total. The zero-order chi connectivity index (χ0) is 18.0. The number of rotatable bonds is 3. The molecule has 2 aromatic carbocycles. The van der Waals surface area contributed by atoms with Crippen molar-refractivity contribution in [3.05, 3.63) is 64.8 Å². The van der Waals surface area contributed by atoms with Crippen molar-refractivity contribution in [2.45, 2.75) is 19.9 Å². The zero-order valence-electron chi connectivity index (χ0n) is 13.8. The molecule has 128 valence electrons. The predicted molar refractivity (Wildman–Crippen MR) is 100 cm³/mol. The minimum absolute atomic E-state index is 0.0342. The summed E-state index contributed by atoms with van der Waals surface area (Å²) in [4.78, 5) is 19.4. The number of aromatic hydroxyl groups is 1. The summed E-state index contributed by atoms with van der Waals surface area (Å²) in [6.07, 6.45) is 1.61. The highest BCUT2D eigenvalue weighted by atomic mass is 32.2. The monoisotopic (exact) mass is 356 g/mol. The van der Waals surface area contributed by atoms with E-state index < -0.39 is 11.6 Å². The average Bonchev–Trinajstić information content (AvgIpc) is 2.86. The number of phenolic OH excluding ortho intramolecular Hbond substituents is 1. The number of halogens is 1. The lowest BCUT2D eigenvalue weighted by molar-refractivity contribution is -0.113. The van der Waals surface area contributed by atoms with Crippen molar-refractivity contribution in [2.75, 3.05) is 4.90 Å². The average molecular weight is 356 g/mol. The number of amides is 1. The molecule has 0 aromatic heterocycles. The van der Waals surface area contributed by atoms with E-state index in [1.165, 1.54) is 23.9 Å². The molecule has 0 radical (unpaired) electrons. The third-order valence-corrected chi connectivity index (χ3v) is 4.44. The molecule has 1 amide bonds. The number of hydrogen-bond donors (Lipinski definition) is 1. The molecule has 0 unspecified atom stereocenters. The fourth-order valence-electron chi connectivity index (χ4n) is 2.35. The quantitative estimate of drug-likeness (QED) is 0.829. The van der Waals surface area contributed by atoms with Gasteiger partial charge in [0.2, 0.25) is 0 Å². The van der Waals surface area contributed by atoms with E-state index >= 15 is 0 Å². The second-order valence-electron chi connectivity index (χ2n) is 5.80. The lowest BCUT2D eigenvalue weighted by Crippen LogP contribution is -2.29. The van der Waals surface area contributed by atoms with E-state index in [1.807, 2.05) is 44.2 Å². The number of anilines is 1. The van der Waals surface area contributed by atoms with E-state index in [4.69, 9.17) is 0 Å². The van der Waals surface area contributed by atoms with E-state index in [0.717, 1.165) is 5.69 Å². The van der Waals surface area contributed by atoms with Gasteiger partial charge in [0.1, 0.15) is 0 Å². The molecule has 0 saturated carbocycles. The number of nitrogens with zero attached hydrogens (tertiary/aromatic N) is 2. The number of hydrogen-bond acceptors (Lipinski definition) is 4. The van der Waals surface area contributed by atoms with Gasteiger partial charge in [-0.15, -0.1) is 0 Å². The number of amidine groups is 1. The maximum absolute atomic E-state index is 13.5. The molecule has 1 fully saturated rings. The van der Waals surface area contributed by atoms with Gasteiger partial charge >= 0.3 is 0 Å². The summed E-state index contributed by atoms with van der Waals surface area (Å²) in [5.74, 6) is -1.34. The second kappa shape index (κ2) is 7.11. The highest BCUT2D eigenvalue weighted by Crippen LogP contribution is 2.36. The first kappa shape index (κ1) is 17.2. The Morgan fingerprint density at radius 2 is 1.92 bits per heavy atom. The second-order valence-corrected chi connectivity index (χ2v) is 6.81. The number of thioether (sulfide) groups is 1. The van der Waals surface area contributed by atoms with Crippen LogP contribution in [0.25, 0.3) is 6.08 Å². The molecule has 1 heterocycles. The van der Waals surface area contributed by atoms with Gasteiger partial charge in [-0.05, 0) is 61.5 Å². The summed E-state index contributed by atoms with van der Waals surface area (Å²) in [6, 6.07) is 13.3. The Hall–Kier alpha value is -2.60. The van der Waals surface area contributed by atoms with Gasteiger partial charge in [-0.3, -0.25) is 14.7 Å². The molecule has 0 bridgehead atoms. The van der Waals surface area contributed by atoms with Crippen LogP contribution >= 0.6 is 11.8 Å². The Morgan fingerprint density at radius 3 is 2.56 bits per heavy atom. The molecule has 25 heavy (non-hydrogen) atoms. The van der Waals surface area contributed by atoms with Gasteiger partial charge in [0.15, 0.2) is 16.7 Å². The van der Waals surface area contributed by atoms with Gasteiger partial charge in [0.25, 0.3) is 5.91 Å². The SMILES string of the molecule is CC(C)N=C1S/C(=C\c2ccc(O)c(F)c2)C(=O)N1c1ccccc1. The van der Waals surface area contributed by atoms with Gasteiger partial charge in [0.05, 0.1) is 10.6 Å². The minimum atomic E-state index is -0.721. The molecular formula is C19H17FN2O2S. The van der Waals surface area contributed by atoms with Crippen molar-refractivity contribution in [2.24, 2.45) is 4.99 Å². The van der Waals surface area contributed by atoms with Crippen molar-refractivity contribution in [3.63, 3.8) is 0 Å². The van der Waals surface area contributed by atoms with Crippen molar-refractivity contribution < 1.29 is 14.3 Å². The molecule has 2 aromatic rings. The summed E-state index contributed by atoms with van der Waals surface area (Å²) < 4.78 is 13.5. The molecule has 0 aliphatic carbocycles. The summed E-state index contributed by atoms with van der Waals surface area (Å²) in [5.41, 5.74) is 1.24. The summed E-state index contributed by atoms with van der Waals surface area (Å²) >= 11 is 1.26. The summed E-state index contributed by atoms with van der Waals surface area (Å²) in [6.45, 7) is 3.89. The molecule has 1 N–H and O–H groups in total. The fourth-order valence-corrected chi connectivity index (χ4v) is 3.46. The molecular weight excluding hydrogens is 339 g/mol. The van der Waals surface area contributed by atoms with Crippen LogP contribution in [-0.4, -0.2) is 22.2 Å². The van der Waals surface area contributed by atoms with Gasteiger partial charge in [-0.1, -0.05) is 24.3 Å². The highest BCUT2D eigenvalue weighted by Gasteiger charge is 2.34. The first-order valence-corrected chi connectivity index (χ1v) is 8.62. The van der Waals surface area contributed by atoms with E-state index in [1.54, 1.807) is 17.0 Å². The normalized spacial score (nSPS) is 17.9. The van der Waals surface area contributed by atoms with Crippen LogP contribution in [-0.2, 0) is 4.79 Å². The number of carbonyl (C=O) groups is 1. The van der Waals surface area contributed by atoms with Crippen molar-refractivity contribution >= 4 is 34.6 Å². The van der Waals surface area contributed by atoms with Crippen LogP contribution in [0.5, 0.6) is 5.75 Å². The number of aliphatic imine (C=N–C) groups is 1. The largest absolute Gasteiger partial charge is 0.505 e. The van der Waals surface area contributed by atoms with Crippen LogP contribution in [0.4, 0.5) is 10.1 Å². The van der Waals surface area contributed by atoms with Crippen LogP contribution in [0.1, 0.15) is 19.4 Å². The molecule has 3 rings (SSSR count). The standard InChI is InChI=1S/C19H17FN2O2S/c1-12(2)21-19-22(14-6-4-3-5-7-14)18(24)17(25-19)11-13-8-9-16(23)15(20)10-13/h3-12,23H,1-2H3/b17-11-,21-19?. The maximum atomic E-state index is 13.5. The van der Waals surface area contributed by atoms with Crippen LogP contribution in [0.15, 0.2) is 58.4 Å². The molecule has 1 saturated heterocycles. The maximum Gasteiger partial charge on any atom is 0.271 e. The van der Waals surface area contributed by atoms with Crippen LogP contribution < -0.4 is 4.90 Å². The minimum Gasteiger partial charge on any atom is -0.505 e. The van der Waals surface area contributed by atoms with Gasteiger partial charge < -0.3 is 5.11 Å². The fraction of sp³-hybridized carbons (Fsp3) is 0.158. The third kappa shape index (κ3) is 3.74. The van der Waals surface area contributed by atoms with Crippen LogP contribution in [0.2, 0.25) is 0 Å². The Labute approximate surface area is 149 Å². The van der Waals surface area contributed by atoms with E-state index in [0.29, 0.717) is 15.6 Å². The predicted octanol–water partition coefficient (Wildman–Crippen LogP) is 4.42. The van der Waals surface area contributed by atoms with Crippen LogP contribution in [0.3, 0.4) is 0 Å². The topological polar surface area (TPSA) is 52.9 Å². The Morgan fingerprint density at radius 1 is 1.20 bits per heavy atom. The van der Waals surface area contributed by atoms with E-state index in [2.05, 4.69) is 4.99 Å². The molecule has 1 aliphatic rings. The highest BCUT2D eigenvalue weighted by molar-refractivity contribution is 8.19. The Kier molecular flexibility index (Phi) is 4.90. The van der Waals surface area contributed by atoms with Crippen molar-refractivity contribution in [3.8, 4) is 5.75 Å². The number of para-hydroxylation sites is 1. The smallest absolute Gasteiger partial charge is 0.271 e. The summed E-state index contributed by atoms with van der Waals surface area (Å²) in [5, 5.41) is 9.89. The Balaban J connectivity index is 2.01. The number of carbonyl (C=O) groups excluding carboxylic acids is 1.